The van der Waals surface area contributed by atoms with Crippen molar-refractivity contribution in [3.63, 3.8) is 0 Å². The minimum atomic E-state index is -3.58. The van der Waals surface area contributed by atoms with Crippen LogP contribution in [-0.4, -0.2) is 72.9 Å². The van der Waals surface area contributed by atoms with Crippen LogP contribution in [0.4, 0.5) is 11.5 Å². The number of halogens is 2. The summed E-state index contributed by atoms with van der Waals surface area (Å²) in [5.41, 5.74) is 1.90. The standard InChI is InChI=1S/C23H26ClIN6O4S/c1-36(33,34)28-17-6-5-15(24)12-16(17)23(32)30-7-3-2-4-19(30)18-13-21-26-20(25)14-22(31(21)27-18)29-8-10-35-11-9-29/h5-6,12-14,19,28H,2-4,7-11H2,1H3/t19-/m0/s1. The number of fused-ring (bicyclic) bond motifs is 1. The maximum Gasteiger partial charge on any atom is 0.256 e. The zero-order valence-corrected chi connectivity index (χ0v) is 23.4. The lowest BCUT2D eigenvalue weighted by Crippen LogP contribution is -2.39. The molecular formula is C23H26ClIN6O4S. The second kappa shape index (κ2) is 10.3. The van der Waals surface area contributed by atoms with Crippen LogP contribution < -0.4 is 9.62 Å². The lowest BCUT2D eigenvalue weighted by atomic mass is 9.98. The van der Waals surface area contributed by atoms with Gasteiger partial charge in [-0.2, -0.15) is 9.61 Å². The summed E-state index contributed by atoms with van der Waals surface area (Å²) < 4.78 is 34.5. The molecule has 0 radical (unpaired) electrons. The molecule has 2 aliphatic rings. The Kier molecular flexibility index (Phi) is 7.30. The Morgan fingerprint density at radius 1 is 1.17 bits per heavy atom. The molecule has 0 bridgehead atoms. The van der Waals surface area contributed by atoms with Gasteiger partial charge in [-0.25, -0.2) is 13.4 Å². The number of hydrogen-bond acceptors (Lipinski definition) is 7. The fraction of sp³-hybridized carbons (Fsp3) is 0.435. The quantitative estimate of drug-likeness (QED) is 0.334. The van der Waals surface area contributed by atoms with Gasteiger partial charge in [0.2, 0.25) is 10.0 Å². The van der Waals surface area contributed by atoms with E-state index in [2.05, 4.69) is 37.2 Å². The Labute approximate surface area is 228 Å². The van der Waals surface area contributed by atoms with E-state index in [1.54, 1.807) is 11.0 Å². The van der Waals surface area contributed by atoms with Crippen molar-refractivity contribution in [1.29, 1.82) is 0 Å². The fourth-order valence-corrected chi connectivity index (χ4v) is 6.02. The largest absolute Gasteiger partial charge is 0.378 e. The zero-order valence-electron chi connectivity index (χ0n) is 19.7. The topological polar surface area (TPSA) is 109 Å². The normalized spacial score (nSPS) is 19.0. The van der Waals surface area contributed by atoms with E-state index in [4.69, 9.17) is 21.4 Å². The second-order valence-corrected chi connectivity index (χ2v) is 12.2. The third-order valence-corrected chi connectivity index (χ3v) is 7.72. The van der Waals surface area contributed by atoms with Crippen LogP contribution in [-0.2, 0) is 14.8 Å². The van der Waals surface area contributed by atoms with Crippen LogP contribution in [0, 0.1) is 3.70 Å². The van der Waals surface area contributed by atoms with Gasteiger partial charge in [-0.05, 0) is 60.1 Å². The Bertz CT molecular complexity index is 1410. The molecule has 0 spiro atoms. The van der Waals surface area contributed by atoms with Gasteiger partial charge < -0.3 is 14.5 Å². The number of ether oxygens (including phenoxy) is 1. The van der Waals surface area contributed by atoms with E-state index in [0.717, 1.165) is 59.5 Å². The Hall–Kier alpha value is -2.16. The summed E-state index contributed by atoms with van der Waals surface area (Å²) >= 11 is 8.41. The first-order valence-corrected chi connectivity index (χ1v) is 15.0. The number of sulfonamides is 1. The minimum Gasteiger partial charge on any atom is -0.378 e. The third-order valence-electron chi connectivity index (χ3n) is 6.34. The number of aromatic nitrogens is 3. The molecule has 2 saturated heterocycles. The molecule has 192 valence electrons. The molecule has 36 heavy (non-hydrogen) atoms. The lowest BCUT2D eigenvalue weighted by molar-refractivity contribution is 0.0607. The van der Waals surface area contributed by atoms with Crippen molar-refractivity contribution in [2.45, 2.75) is 25.3 Å². The SMILES string of the molecule is CS(=O)(=O)Nc1ccc(Cl)cc1C(=O)N1CCCC[C@H]1c1cc2nc(I)cc(N3CCOCC3)n2n1. The van der Waals surface area contributed by atoms with Crippen molar-refractivity contribution >= 4 is 67.3 Å². The fourth-order valence-electron chi connectivity index (χ4n) is 4.75. The van der Waals surface area contributed by atoms with Crippen LogP contribution in [0.25, 0.3) is 5.65 Å². The predicted molar refractivity (Wildman–Crippen MR) is 146 cm³/mol. The molecule has 0 unspecified atom stereocenters. The van der Waals surface area contributed by atoms with Gasteiger partial charge in [0, 0.05) is 36.8 Å². The molecule has 5 rings (SSSR count). The first-order chi connectivity index (χ1) is 17.2. The van der Waals surface area contributed by atoms with Crippen LogP contribution in [0.3, 0.4) is 0 Å². The molecule has 13 heteroatoms. The Balaban J connectivity index is 1.52. The summed E-state index contributed by atoms with van der Waals surface area (Å²) in [5.74, 6) is 0.656. The number of benzene rings is 1. The van der Waals surface area contributed by atoms with Gasteiger partial charge in [-0.15, -0.1) is 0 Å². The van der Waals surface area contributed by atoms with Crippen LogP contribution in [0.5, 0.6) is 0 Å². The summed E-state index contributed by atoms with van der Waals surface area (Å²) in [7, 11) is -3.58. The molecule has 1 atom stereocenters. The number of piperidine rings is 1. The molecule has 2 aromatic heterocycles. The van der Waals surface area contributed by atoms with E-state index in [0.29, 0.717) is 24.8 Å². The Morgan fingerprint density at radius 3 is 2.69 bits per heavy atom. The lowest BCUT2D eigenvalue weighted by Gasteiger charge is -2.35. The monoisotopic (exact) mass is 644 g/mol. The van der Waals surface area contributed by atoms with Crippen LogP contribution in [0.15, 0.2) is 30.3 Å². The molecule has 2 fully saturated rings. The van der Waals surface area contributed by atoms with Crippen molar-refractivity contribution in [3.8, 4) is 0 Å². The van der Waals surface area contributed by atoms with E-state index in [-0.39, 0.29) is 23.2 Å². The van der Waals surface area contributed by atoms with Gasteiger partial charge >= 0.3 is 0 Å². The number of amides is 1. The second-order valence-electron chi connectivity index (χ2n) is 8.95. The van der Waals surface area contributed by atoms with E-state index >= 15 is 0 Å². The molecular weight excluding hydrogens is 619 g/mol. The number of carbonyl (C=O) groups is 1. The van der Waals surface area contributed by atoms with Crippen LogP contribution in [0.1, 0.15) is 41.4 Å². The number of morpholine rings is 1. The average Bonchev–Trinajstić information content (AvgIpc) is 3.28. The maximum atomic E-state index is 13.8. The zero-order chi connectivity index (χ0) is 25.4. The maximum absolute atomic E-state index is 13.8. The van der Waals surface area contributed by atoms with Crippen molar-refractivity contribution in [2.75, 3.05) is 48.7 Å². The highest BCUT2D eigenvalue weighted by molar-refractivity contribution is 14.1. The number of nitrogens with zero attached hydrogens (tertiary/aromatic N) is 5. The smallest absolute Gasteiger partial charge is 0.256 e. The Morgan fingerprint density at radius 2 is 1.94 bits per heavy atom. The highest BCUT2D eigenvalue weighted by Crippen LogP contribution is 2.34. The summed E-state index contributed by atoms with van der Waals surface area (Å²) in [5, 5.41) is 5.27. The van der Waals surface area contributed by atoms with Gasteiger partial charge in [0.15, 0.2) is 5.65 Å². The molecule has 4 heterocycles. The molecule has 3 aromatic rings. The highest BCUT2D eigenvalue weighted by Gasteiger charge is 2.32. The van der Waals surface area contributed by atoms with Gasteiger partial charge in [0.05, 0.1) is 42.5 Å². The molecule has 1 amide bonds. The van der Waals surface area contributed by atoms with Gasteiger partial charge in [-0.3, -0.25) is 9.52 Å². The molecule has 10 nitrogen and oxygen atoms in total. The minimum absolute atomic E-state index is 0.206. The molecule has 1 aromatic carbocycles. The summed E-state index contributed by atoms with van der Waals surface area (Å²) in [6.45, 7) is 3.38. The first kappa shape index (κ1) is 25.5. The van der Waals surface area contributed by atoms with E-state index in [1.807, 2.05) is 16.6 Å². The number of nitrogens with one attached hydrogen (secondary N) is 1. The first-order valence-electron chi connectivity index (χ1n) is 11.7. The molecule has 1 N–H and O–H groups in total. The van der Waals surface area contributed by atoms with Gasteiger partial charge in [0.25, 0.3) is 5.91 Å². The summed E-state index contributed by atoms with van der Waals surface area (Å²) in [6, 6.07) is 8.26. The molecule has 2 aliphatic heterocycles. The van der Waals surface area contributed by atoms with Crippen LogP contribution >= 0.6 is 34.2 Å². The number of rotatable bonds is 5. The highest BCUT2D eigenvalue weighted by atomic mass is 127. The van der Waals surface area contributed by atoms with Crippen molar-refractivity contribution in [1.82, 2.24) is 19.5 Å². The van der Waals surface area contributed by atoms with Gasteiger partial charge in [-0.1, -0.05) is 11.6 Å². The van der Waals surface area contributed by atoms with Crippen molar-refractivity contribution in [2.24, 2.45) is 0 Å². The van der Waals surface area contributed by atoms with E-state index in [1.165, 1.54) is 12.1 Å². The summed E-state index contributed by atoms with van der Waals surface area (Å²) in [4.78, 5) is 22.5. The number of anilines is 2. The number of carbonyl (C=O) groups excluding carboxylic acids is 1. The number of hydrogen-bond donors (Lipinski definition) is 1. The van der Waals surface area contributed by atoms with Gasteiger partial charge in [0.1, 0.15) is 9.52 Å². The average molecular weight is 645 g/mol. The molecule has 0 aliphatic carbocycles. The van der Waals surface area contributed by atoms with Crippen molar-refractivity contribution < 1.29 is 17.9 Å². The van der Waals surface area contributed by atoms with Crippen molar-refractivity contribution in [3.05, 3.63) is 50.3 Å². The van der Waals surface area contributed by atoms with Crippen LogP contribution in [0.2, 0.25) is 5.02 Å². The summed E-state index contributed by atoms with van der Waals surface area (Å²) in [6.07, 6.45) is 3.60. The third kappa shape index (κ3) is 5.41. The van der Waals surface area contributed by atoms with E-state index < -0.39 is 10.0 Å². The van der Waals surface area contributed by atoms with E-state index in [9.17, 15) is 13.2 Å². The number of likely N-dealkylation sites (tertiary alicyclic amines) is 1. The predicted octanol–water partition coefficient (Wildman–Crippen LogP) is 3.56. The molecule has 0 saturated carbocycles.